The van der Waals surface area contributed by atoms with E-state index in [1.807, 2.05) is 0 Å². The zero-order valence-corrected chi connectivity index (χ0v) is 16.4. The number of nitrogen functional groups attached to an aromatic ring is 1. The first-order valence-corrected chi connectivity index (χ1v) is 10.1. The Morgan fingerprint density at radius 3 is 3.00 bits per heavy atom. The van der Waals surface area contributed by atoms with Crippen LogP contribution in [-0.2, 0) is 12.8 Å². The molecule has 0 saturated heterocycles. The predicted molar refractivity (Wildman–Crippen MR) is 109 cm³/mol. The van der Waals surface area contributed by atoms with Crippen LogP contribution < -0.4 is 11.1 Å². The molecule has 0 aliphatic heterocycles. The minimum Gasteiger partial charge on any atom is -0.397 e. The van der Waals surface area contributed by atoms with Crippen molar-refractivity contribution in [2.75, 3.05) is 11.1 Å². The molecule has 0 radical (unpaired) electrons. The number of nitrogens with one attached hydrogen (secondary N) is 1. The molecule has 0 spiro atoms. The summed E-state index contributed by atoms with van der Waals surface area (Å²) in [5, 5.41) is 3.51. The average Bonchev–Trinajstić information content (AvgIpc) is 2.98. The van der Waals surface area contributed by atoms with Crippen LogP contribution in [0.25, 0.3) is 10.2 Å². The lowest BCUT2D eigenvalue weighted by molar-refractivity contribution is 0.103. The molecule has 4 rings (SSSR count). The Morgan fingerprint density at radius 1 is 1.44 bits per heavy atom. The fourth-order valence-electron chi connectivity index (χ4n) is 3.54. The van der Waals surface area contributed by atoms with Crippen LogP contribution in [0.15, 0.2) is 24.3 Å². The molecule has 2 heterocycles. The molecule has 0 fully saturated rings. The number of carbonyl (C=O) groups is 1. The number of hydrogen-bond donors (Lipinski definition) is 2. The van der Waals surface area contributed by atoms with Gasteiger partial charge in [0.2, 0.25) is 0 Å². The quantitative estimate of drug-likeness (QED) is 0.612. The van der Waals surface area contributed by atoms with Crippen LogP contribution in [0.4, 0.5) is 15.8 Å². The Morgan fingerprint density at radius 2 is 2.26 bits per heavy atom. The molecule has 3 N–H and O–H groups in total. The first kappa shape index (κ1) is 18.2. The third kappa shape index (κ3) is 3.39. The molecule has 1 aliphatic rings. The average molecular weight is 404 g/mol. The van der Waals surface area contributed by atoms with Crippen LogP contribution in [0, 0.1) is 11.7 Å². The molecular formula is C20H19ClFN3OS. The van der Waals surface area contributed by atoms with Crippen molar-refractivity contribution in [1.82, 2.24) is 4.98 Å². The zero-order chi connectivity index (χ0) is 19.1. The van der Waals surface area contributed by atoms with Gasteiger partial charge in [0.05, 0.1) is 10.7 Å². The number of rotatable bonds is 3. The highest BCUT2D eigenvalue weighted by atomic mass is 35.5. The van der Waals surface area contributed by atoms with Gasteiger partial charge in [-0.05, 0) is 55.0 Å². The Kier molecular flexibility index (Phi) is 4.78. The summed E-state index contributed by atoms with van der Waals surface area (Å²) in [5.74, 6) is -0.193. The lowest BCUT2D eigenvalue weighted by Crippen LogP contribution is -2.14. The van der Waals surface area contributed by atoms with Crippen molar-refractivity contribution in [1.29, 1.82) is 0 Å². The maximum atomic E-state index is 13.3. The number of pyridine rings is 1. The van der Waals surface area contributed by atoms with Crippen molar-refractivity contribution >= 4 is 50.4 Å². The van der Waals surface area contributed by atoms with Gasteiger partial charge >= 0.3 is 0 Å². The van der Waals surface area contributed by atoms with Gasteiger partial charge in [0.1, 0.15) is 15.5 Å². The van der Waals surface area contributed by atoms with Gasteiger partial charge in [-0.1, -0.05) is 24.9 Å². The van der Waals surface area contributed by atoms with Crippen molar-refractivity contribution in [2.45, 2.75) is 32.6 Å². The van der Waals surface area contributed by atoms with E-state index in [9.17, 15) is 9.18 Å². The predicted octanol–water partition coefficient (Wildman–Crippen LogP) is 5.44. The number of fused-ring (bicyclic) bond motifs is 2. The minimum atomic E-state index is -0.531. The summed E-state index contributed by atoms with van der Waals surface area (Å²) in [7, 11) is 0. The molecule has 1 aromatic carbocycles. The number of halogens is 2. The fraction of sp³-hybridized carbons (Fsp3) is 0.300. The summed E-state index contributed by atoms with van der Waals surface area (Å²) in [4.78, 5) is 18.6. The summed E-state index contributed by atoms with van der Waals surface area (Å²) in [6.45, 7) is 2.21. The molecule has 1 amide bonds. The van der Waals surface area contributed by atoms with E-state index in [-0.39, 0.29) is 10.9 Å². The maximum Gasteiger partial charge on any atom is 0.267 e. The number of hydrogen-bond acceptors (Lipinski definition) is 4. The SMILES string of the molecule is CC[C@@H]1CCc2nc3sc(C(=O)Nc4ccc(F)c(Cl)c4)c(N)c3cc2C1. The van der Waals surface area contributed by atoms with Gasteiger partial charge in [-0.2, -0.15) is 0 Å². The van der Waals surface area contributed by atoms with Gasteiger partial charge in [0, 0.05) is 16.8 Å². The second kappa shape index (κ2) is 7.09. The largest absolute Gasteiger partial charge is 0.397 e. The van der Waals surface area contributed by atoms with Crippen LogP contribution in [0.1, 0.15) is 40.7 Å². The van der Waals surface area contributed by atoms with Crippen LogP contribution in [0.5, 0.6) is 0 Å². The molecule has 7 heteroatoms. The Balaban J connectivity index is 1.66. The molecule has 1 aliphatic carbocycles. The number of aryl methyl sites for hydroxylation is 1. The first-order valence-electron chi connectivity index (χ1n) is 8.93. The standard InChI is InChI=1S/C20H19ClFN3OS/c1-2-10-3-6-16-11(7-10)8-13-17(23)18(27-20(13)25-16)19(26)24-12-4-5-15(22)14(21)9-12/h4-5,8-10H,2-3,6-7,23H2,1H3,(H,24,26)/t10-/m1/s1. The van der Waals surface area contributed by atoms with Crippen molar-refractivity contribution < 1.29 is 9.18 Å². The number of nitrogens with two attached hydrogens (primary N) is 1. The molecule has 0 saturated carbocycles. The summed E-state index contributed by atoms with van der Waals surface area (Å²) >= 11 is 7.06. The zero-order valence-electron chi connectivity index (χ0n) is 14.8. The maximum absolute atomic E-state index is 13.3. The van der Waals surface area contributed by atoms with Gasteiger partial charge in [-0.25, -0.2) is 9.37 Å². The second-order valence-electron chi connectivity index (χ2n) is 6.89. The highest BCUT2D eigenvalue weighted by Gasteiger charge is 2.23. The summed E-state index contributed by atoms with van der Waals surface area (Å²) in [6.07, 6.45) is 4.29. The highest BCUT2D eigenvalue weighted by molar-refractivity contribution is 7.21. The number of aromatic nitrogens is 1. The number of amides is 1. The van der Waals surface area contributed by atoms with Crippen molar-refractivity contribution in [3.63, 3.8) is 0 Å². The normalized spacial score (nSPS) is 16.3. The van der Waals surface area contributed by atoms with E-state index in [1.165, 1.54) is 35.1 Å². The number of nitrogens with zero attached hydrogens (tertiary/aromatic N) is 1. The van der Waals surface area contributed by atoms with E-state index < -0.39 is 5.82 Å². The summed E-state index contributed by atoms with van der Waals surface area (Å²) in [5.41, 5.74) is 9.48. The molecule has 4 nitrogen and oxygen atoms in total. The molecule has 27 heavy (non-hydrogen) atoms. The molecule has 3 aromatic rings. The van der Waals surface area contributed by atoms with Gasteiger partial charge in [-0.3, -0.25) is 4.79 Å². The number of anilines is 2. The monoisotopic (exact) mass is 403 g/mol. The third-order valence-corrected chi connectivity index (χ3v) is 6.55. The lowest BCUT2D eigenvalue weighted by atomic mass is 9.85. The van der Waals surface area contributed by atoms with Crippen molar-refractivity contribution in [2.24, 2.45) is 5.92 Å². The minimum absolute atomic E-state index is 0.0445. The van der Waals surface area contributed by atoms with Crippen LogP contribution in [-0.4, -0.2) is 10.9 Å². The molecule has 0 unspecified atom stereocenters. The van der Waals surface area contributed by atoms with E-state index in [4.69, 9.17) is 22.3 Å². The number of benzene rings is 1. The topological polar surface area (TPSA) is 68.0 Å². The smallest absolute Gasteiger partial charge is 0.267 e. The van der Waals surface area contributed by atoms with E-state index in [0.717, 1.165) is 41.6 Å². The van der Waals surface area contributed by atoms with Crippen molar-refractivity contribution in [3.05, 3.63) is 51.2 Å². The summed E-state index contributed by atoms with van der Waals surface area (Å²) in [6, 6.07) is 6.15. The lowest BCUT2D eigenvalue weighted by Gasteiger charge is -2.22. The Hall–Kier alpha value is -2.18. The van der Waals surface area contributed by atoms with Crippen LogP contribution in [0.2, 0.25) is 5.02 Å². The van der Waals surface area contributed by atoms with Gasteiger partial charge in [0.25, 0.3) is 5.91 Å². The Labute approximate surface area is 165 Å². The molecule has 140 valence electrons. The number of carbonyl (C=O) groups excluding carboxylic acids is 1. The van der Waals surface area contributed by atoms with Gasteiger partial charge in [0.15, 0.2) is 0 Å². The number of thiophene rings is 1. The molecular weight excluding hydrogens is 385 g/mol. The first-order chi connectivity index (χ1) is 13.0. The summed E-state index contributed by atoms with van der Waals surface area (Å²) < 4.78 is 13.3. The third-order valence-electron chi connectivity index (χ3n) is 5.15. The van der Waals surface area contributed by atoms with E-state index in [2.05, 4.69) is 18.3 Å². The van der Waals surface area contributed by atoms with Crippen molar-refractivity contribution in [3.8, 4) is 0 Å². The molecule has 1 atom stereocenters. The molecule has 0 bridgehead atoms. The van der Waals surface area contributed by atoms with Gasteiger partial charge in [-0.15, -0.1) is 11.3 Å². The van der Waals surface area contributed by atoms with Crippen LogP contribution in [0.3, 0.4) is 0 Å². The van der Waals surface area contributed by atoms with Gasteiger partial charge < -0.3 is 11.1 Å². The Bertz CT molecular complexity index is 1050. The van der Waals surface area contributed by atoms with Crippen LogP contribution >= 0.6 is 22.9 Å². The molecule has 2 aromatic heterocycles. The highest BCUT2D eigenvalue weighted by Crippen LogP contribution is 2.37. The van der Waals surface area contributed by atoms with E-state index in [0.29, 0.717) is 22.2 Å². The fourth-order valence-corrected chi connectivity index (χ4v) is 4.72. The van der Waals surface area contributed by atoms with E-state index >= 15 is 0 Å². The van der Waals surface area contributed by atoms with E-state index in [1.54, 1.807) is 0 Å². The second-order valence-corrected chi connectivity index (χ2v) is 8.30.